The van der Waals surface area contributed by atoms with E-state index in [-0.39, 0.29) is 11.9 Å². The highest BCUT2D eigenvalue weighted by atomic mass is 19.4. The van der Waals surface area contributed by atoms with Gasteiger partial charge in [-0.2, -0.15) is 13.2 Å². The van der Waals surface area contributed by atoms with Gasteiger partial charge in [-0.3, -0.25) is 5.32 Å². The molecule has 0 bridgehead atoms. The molecule has 1 atom stereocenters. The number of amides is 2. The molecule has 7 nitrogen and oxygen atoms in total. The molecule has 1 aliphatic heterocycles. The average Bonchev–Trinajstić information content (AvgIpc) is 3.15. The van der Waals surface area contributed by atoms with Crippen molar-refractivity contribution in [1.82, 2.24) is 19.6 Å². The average molecular weight is 343 g/mol. The number of anilines is 1. The van der Waals surface area contributed by atoms with Crippen LogP contribution in [0.25, 0.3) is 0 Å². The van der Waals surface area contributed by atoms with Crippen LogP contribution in [0, 0.1) is 5.92 Å². The zero-order chi connectivity index (χ0) is 17.3. The van der Waals surface area contributed by atoms with Crippen LogP contribution in [-0.2, 0) is 19.1 Å². The maximum atomic E-state index is 12.7. The SMILES string of the molecule is CN(CC1CCc2nc(C(F)(F)F)cn2C1)C(=O)Nc1ccon1. The number of halogens is 3. The molecule has 1 aliphatic rings. The van der Waals surface area contributed by atoms with Crippen molar-refractivity contribution in [2.75, 3.05) is 18.9 Å². The summed E-state index contributed by atoms with van der Waals surface area (Å²) in [4.78, 5) is 17.2. The van der Waals surface area contributed by atoms with Gasteiger partial charge in [0, 0.05) is 38.8 Å². The summed E-state index contributed by atoms with van der Waals surface area (Å²) in [5.41, 5.74) is -0.865. The Morgan fingerprint density at radius 1 is 1.54 bits per heavy atom. The van der Waals surface area contributed by atoms with Crippen molar-refractivity contribution in [3.05, 3.63) is 30.0 Å². The van der Waals surface area contributed by atoms with E-state index in [4.69, 9.17) is 0 Å². The molecule has 1 N–H and O–H groups in total. The molecule has 1 unspecified atom stereocenters. The summed E-state index contributed by atoms with van der Waals surface area (Å²) >= 11 is 0. The molecule has 2 aromatic rings. The van der Waals surface area contributed by atoms with Crippen LogP contribution in [0.15, 0.2) is 23.0 Å². The molecule has 10 heteroatoms. The third kappa shape index (κ3) is 3.52. The Morgan fingerprint density at radius 3 is 3.00 bits per heavy atom. The first-order valence-electron chi connectivity index (χ1n) is 7.38. The van der Waals surface area contributed by atoms with Crippen molar-refractivity contribution in [3.8, 4) is 0 Å². The van der Waals surface area contributed by atoms with Crippen LogP contribution >= 0.6 is 0 Å². The highest BCUT2D eigenvalue weighted by Crippen LogP contribution is 2.30. The van der Waals surface area contributed by atoms with E-state index in [1.165, 1.54) is 21.8 Å². The minimum Gasteiger partial charge on any atom is -0.363 e. The second-order valence-corrected chi connectivity index (χ2v) is 5.79. The van der Waals surface area contributed by atoms with Gasteiger partial charge < -0.3 is 14.0 Å². The van der Waals surface area contributed by atoms with Crippen molar-refractivity contribution in [2.24, 2.45) is 5.92 Å². The third-order valence-electron chi connectivity index (χ3n) is 3.93. The number of alkyl halides is 3. The number of aromatic nitrogens is 3. The van der Waals surface area contributed by atoms with E-state index in [2.05, 4.69) is 20.0 Å². The summed E-state index contributed by atoms with van der Waals surface area (Å²) in [5.74, 6) is 0.802. The van der Waals surface area contributed by atoms with Gasteiger partial charge in [0.25, 0.3) is 0 Å². The van der Waals surface area contributed by atoms with Crippen LogP contribution in [0.1, 0.15) is 17.9 Å². The Kier molecular flexibility index (Phi) is 4.20. The Labute approximate surface area is 135 Å². The lowest BCUT2D eigenvalue weighted by molar-refractivity contribution is -0.141. The molecule has 2 amide bonds. The number of carbonyl (C=O) groups is 1. The lowest BCUT2D eigenvalue weighted by Gasteiger charge is -2.28. The second kappa shape index (κ2) is 6.17. The Bertz CT molecular complexity index is 711. The van der Waals surface area contributed by atoms with Crippen LogP contribution in [0.4, 0.5) is 23.8 Å². The van der Waals surface area contributed by atoms with Crippen molar-refractivity contribution in [3.63, 3.8) is 0 Å². The number of nitrogens with zero attached hydrogens (tertiary/aromatic N) is 4. The fourth-order valence-electron chi connectivity index (χ4n) is 2.75. The first-order chi connectivity index (χ1) is 11.3. The highest BCUT2D eigenvalue weighted by Gasteiger charge is 2.36. The minimum absolute atomic E-state index is 0.0563. The third-order valence-corrected chi connectivity index (χ3v) is 3.93. The summed E-state index contributed by atoms with van der Waals surface area (Å²) in [6.45, 7) is 0.822. The largest absolute Gasteiger partial charge is 0.434 e. The Morgan fingerprint density at radius 2 is 2.33 bits per heavy atom. The zero-order valence-electron chi connectivity index (χ0n) is 12.9. The number of imidazole rings is 1. The van der Waals surface area contributed by atoms with Gasteiger partial charge in [0.1, 0.15) is 12.1 Å². The van der Waals surface area contributed by atoms with Gasteiger partial charge in [-0.05, 0) is 12.3 Å². The van der Waals surface area contributed by atoms with Gasteiger partial charge in [0.15, 0.2) is 11.5 Å². The van der Waals surface area contributed by atoms with Crippen LogP contribution in [-0.4, -0.2) is 39.2 Å². The van der Waals surface area contributed by atoms with E-state index in [0.717, 1.165) is 6.20 Å². The number of carbonyl (C=O) groups excluding carboxylic acids is 1. The van der Waals surface area contributed by atoms with E-state index in [9.17, 15) is 18.0 Å². The first kappa shape index (κ1) is 16.3. The monoisotopic (exact) mass is 343 g/mol. The summed E-state index contributed by atoms with van der Waals surface area (Å²) in [7, 11) is 1.62. The van der Waals surface area contributed by atoms with Gasteiger partial charge in [0.05, 0.1) is 0 Å². The fraction of sp³-hybridized carbons (Fsp3) is 0.500. The molecule has 0 spiro atoms. The fourth-order valence-corrected chi connectivity index (χ4v) is 2.75. The second-order valence-electron chi connectivity index (χ2n) is 5.79. The maximum absolute atomic E-state index is 12.7. The van der Waals surface area contributed by atoms with Gasteiger partial charge in [0.2, 0.25) is 0 Å². The van der Waals surface area contributed by atoms with Crippen molar-refractivity contribution in [1.29, 1.82) is 0 Å². The molecule has 3 heterocycles. The molecular formula is C14H16F3N5O2. The number of hydrogen-bond acceptors (Lipinski definition) is 4. The Hall–Kier alpha value is -2.52. The van der Waals surface area contributed by atoms with Gasteiger partial charge in [-0.15, -0.1) is 0 Å². The number of hydrogen-bond donors (Lipinski definition) is 1. The van der Waals surface area contributed by atoms with Crippen LogP contribution in [0.3, 0.4) is 0 Å². The van der Waals surface area contributed by atoms with E-state index in [0.29, 0.717) is 37.6 Å². The standard InChI is InChI=1S/C14H16F3N5O2/c1-21(13(23)19-11-4-5-24-20-11)6-9-2-3-12-18-10(14(15,16)17)8-22(12)7-9/h4-5,8-9H,2-3,6-7H2,1H3,(H,19,20,23). The highest BCUT2D eigenvalue weighted by molar-refractivity contribution is 5.87. The summed E-state index contributed by atoms with van der Waals surface area (Å²) in [6, 6.07) is 1.17. The smallest absolute Gasteiger partial charge is 0.363 e. The van der Waals surface area contributed by atoms with Crippen LogP contribution < -0.4 is 5.32 Å². The molecule has 0 saturated carbocycles. The quantitative estimate of drug-likeness (QED) is 0.929. The summed E-state index contributed by atoms with van der Waals surface area (Å²) in [6.07, 6.45) is -0.921. The molecule has 0 saturated heterocycles. The number of urea groups is 1. The lowest BCUT2D eigenvalue weighted by atomic mass is 9.99. The normalized spacial score (nSPS) is 17.4. The van der Waals surface area contributed by atoms with E-state index >= 15 is 0 Å². The topological polar surface area (TPSA) is 76.2 Å². The van der Waals surface area contributed by atoms with E-state index in [1.807, 2.05) is 0 Å². The van der Waals surface area contributed by atoms with Gasteiger partial charge >= 0.3 is 12.2 Å². The lowest BCUT2D eigenvalue weighted by Crippen LogP contribution is -2.37. The molecule has 0 aromatic carbocycles. The number of rotatable bonds is 3. The van der Waals surface area contributed by atoms with Gasteiger partial charge in [-0.25, -0.2) is 9.78 Å². The van der Waals surface area contributed by atoms with Crippen molar-refractivity contribution >= 4 is 11.8 Å². The minimum atomic E-state index is -4.44. The van der Waals surface area contributed by atoms with Crippen LogP contribution in [0.5, 0.6) is 0 Å². The molecule has 24 heavy (non-hydrogen) atoms. The predicted octanol–water partition coefficient (Wildman–Crippen LogP) is 2.62. The Balaban J connectivity index is 1.59. The van der Waals surface area contributed by atoms with E-state index in [1.54, 1.807) is 7.05 Å². The van der Waals surface area contributed by atoms with Crippen molar-refractivity contribution < 1.29 is 22.5 Å². The molecule has 3 rings (SSSR count). The van der Waals surface area contributed by atoms with Gasteiger partial charge in [-0.1, -0.05) is 5.16 Å². The van der Waals surface area contributed by atoms with Crippen molar-refractivity contribution in [2.45, 2.75) is 25.6 Å². The molecule has 0 fully saturated rings. The summed E-state index contributed by atoms with van der Waals surface area (Å²) in [5, 5.41) is 6.16. The first-order valence-corrected chi connectivity index (χ1v) is 7.38. The van der Waals surface area contributed by atoms with Crippen LogP contribution in [0.2, 0.25) is 0 Å². The molecule has 0 aliphatic carbocycles. The predicted molar refractivity (Wildman–Crippen MR) is 77.2 cm³/mol. The maximum Gasteiger partial charge on any atom is 0.434 e. The molecule has 0 radical (unpaired) electrons. The molecular weight excluding hydrogens is 327 g/mol. The summed E-state index contributed by atoms with van der Waals surface area (Å²) < 4.78 is 44.3. The molecule has 2 aromatic heterocycles. The number of fused-ring (bicyclic) bond motifs is 1. The zero-order valence-corrected chi connectivity index (χ0v) is 12.9. The number of nitrogens with one attached hydrogen (secondary N) is 1. The molecule has 130 valence electrons. The number of aryl methyl sites for hydroxylation is 1. The van der Waals surface area contributed by atoms with E-state index < -0.39 is 11.9 Å².